The first-order valence-electron chi connectivity index (χ1n) is 7.24. The van der Waals surface area contributed by atoms with Gasteiger partial charge in [0.15, 0.2) is 11.5 Å². The first-order chi connectivity index (χ1) is 10.2. The Morgan fingerprint density at radius 1 is 1.10 bits per heavy atom. The molecule has 1 aliphatic rings. The summed E-state index contributed by atoms with van der Waals surface area (Å²) < 4.78 is 0. The number of nitrogens with two attached hydrogens (primary N) is 1. The predicted octanol–water partition coefficient (Wildman–Crippen LogP) is 2.55. The van der Waals surface area contributed by atoms with Crippen LogP contribution in [-0.4, -0.2) is 23.3 Å². The summed E-state index contributed by atoms with van der Waals surface area (Å²) in [4.78, 5) is 2.31. The van der Waals surface area contributed by atoms with Crippen LogP contribution in [0.5, 0.6) is 11.5 Å². The summed E-state index contributed by atoms with van der Waals surface area (Å²) in [5.74, 6) is 0.317. The van der Waals surface area contributed by atoms with Crippen molar-refractivity contribution in [3.05, 3.63) is 53.6 Å². The van der Waals surface area contributed by atoms with Gasteiger partial charge in [-0.15, -0.1) is 0 Å². The van der Waals surface area contributed by atoms with Gasteiger partial charge in [-0.3, -0.25) is 0 Å². The number of aromatic hydroxyl groups is 2. The molecule has 110 valence electrons. The molecule has 0 bridgehead atoms. The minimum absolute atomic E-state index is 0.0708. The van der Waals surface area contributed by atoms with Gasteiger partial charge in [0.2, 0.25) is 0 Å². The van der Waals surface area contributed by atoms with Gasteiger partial charge in [0, 0.05) is 24.7 Å². The van der Waals surface area contributed by atoms with Gasteiger partial charge in [-0.25, -0.2) is 0 Å². The van der Waals surface area contributed by atoms with E-state index in [0.717, 1.165) is 18.5 Å². The van der Waals surface area contributed by atoms with Crippen LogP contribution in [-0.2, 0) is 6.54 Å². The van der Waals surface area contributed by atoms with Crippen molar-refractivity contribution in [1.82, 2.24) is 0 Å². The zero-order chi connectivity index (χ0) is 14.8. The van der Waals surface area contributed by atoms with Crippen molar-refractivity contribution in [2.24, 2.45) is 5.73 Å². The van der Waals surface area contributed by atoms with Crippen LogP contribution >= 0.6 is 0 Å². The summed E-state index contributed by atoms with van der Waals surface area (Å²) in [6.07, 6.45) is 0.980. The fourth-order valence-corrected chi connectivity index (χ4v) is 3.07. The summed E-state index contributed by atoms with van der Waals surface area (Å²) in [7, 11) is 0. The zero-order valence-electron chi connectivity index (χ0n) is 11.9. The van der Waals surface area contributed by atoms with E-state index in [9.17, 15) is 10.2 Å². The molecule has 0 radical (unpaired) electrons. The minimum atomic E-state index is -0.0819. The second-order valence-electron chi connectivity index (χ2n) is 5.54. The normalized spacial score (nSPS) is 17.0. The molecule has 4 heteroatoms. The molecular formula is C17H20N2O2. The number of rotatable bonds is 4. The number of phenolic OH excluding ortho intramolecular Hbond substituents is 2. The Bertz CT molecular complexity index is 642. The average molecular weight is 284 g/mol. The Hall–Kier alpha value is -2.20. The van der Waals surface area contributed by atoms with Gasteiger partial charge in [-0.1, -0.05) is 24.3 Å². The molecule has 0 spiro atoms. The summed E-state index contributed by atoms with van der Waals surface area (Å²) in [5, 5.41) is 19.0. The molecule has 0 saturated heterocycles. The van der Waals surface area contributed by atoms with Gasteiger partial charge in [0.1, 0.15) is 0 Å². The van der Waals surface area contributed by atoms with E-state index in [1.807, 2.05) is 12.1 Å². The number of anilines is 1. The van der Waals surface area contributed by atoms with Crippen LogP contribution in [0.25, 0.3) is 0 Å². The highest BCUT2D eigenvalue weighted by molar-refractivity contribution is 5.60. The van der Waals surface area contributed by atoms with Crippen LogP contribution in [0, 0.1) is 0 Å². The van der Waals surface area contributed by atoms with Crippen molar-refractivity contribution in [2.45, 2.75) is 18.9 Å². The summed E-state index contributed by atoms with van der Waals surface area (Å²) in [6.45, 7) is 2.34. The molecule has 1 heterocycles. The van der Waals surface area contributed by atoms with E-state index >= 15 is 0 Å². The van der Waals surface area contributed by atoms with Crippen molar-refractivity contribution < 1.29 is 10.2 Å². The highest BCUT2D eigenvalue weighted by Crippen LogP contribution is 2.38. The Morgan fingerprint density at radius 2 is 1.90 bits per heavy atom. The van der Waals surface area contributed by atoms with E-state index < -0.39 is 0 Å². The SMILES string of the molecule is NCCC1CN(Cc2ccc(O)c(O)c2)c2ccccc21. The van der Waals surface area contributed by atoms with Gasteiger partial charge >= 0.3 is 0 Å². The summed E-state index contributed by atoms with van der Waals surface area (Å²) in [6, 6.07) is 13.4. The summed E-state index contributed by atoms with van der Waals surface area (Å²) >= 11 is 0. The van der Waals surface area contributed by atoms with Crippen molar-refractivity contribution in [2.75, 3.05) is 18.0 Å². The van der Waals surface area contributed by atoms with Gasteiger partial charge < -0.3 is 20.8 Å². The molecule has 1 aliphatic heterocycles. The molecule has 2 aromatic carbocycles. The molecule has 0 amide bonds. The topological polar surface area (TPSA) is 69.7 Å². The maximum absolute atomic E-state index is 9.62. The lowest BCUT2D eigenvalue weighted by Crippen LogP contribution is -2.22. The standard InChI is InChI=1S/C17H20N2O2/c18-8-7-13-11-19(15-4-2-1-3-14(13)15)10-12-5-6-16(20)17(21)9-12/h1-6,9,13,20-21H,7-8,10-11,18H2. The lowest BCUT2D eigenvalue weighted by Gasteiger charge is -2.20. The van der Waals surface area contributed by atoms with E-state index in [0.29, 0.717) is 19.0 Å². The first-order valence-corrected chi connectivity index (χ1v) is 7.24. The Kier molecular flexibility index (Phi) is 3.71. The van der Waals surface area contributed by atoms with E-state index in [-0.39, 0.29) is 11.5 Å². The quantitative estimate of drug-likeness (QED) is 0.755. The van der Waals surface area contributed by atoms with E-state index in [4.69, 9.17) is 5.73 Å². The molecule has 0 fully saturated rings. The molecule has 21 heavy (non-hydrogen) atoms. The molecular weight excluding hydrogens is 264 g/mol. The lowest BCUT2D eigenvalue weighted by atomic mass is 9.98. The Morgan fingerprint density at radius 3 is 2.67 bits per heavy atom. The van der Waals surface area contributed by atoms with E-state index in [1.165, 1.54) is 17.3 Å². The van der Waals surface area contributed by atoms with Gasteiger partial charge in [0.05, 0.1) is 0 Å². The molecule has 1 unspecified atom stereocenters. The number of nitrogens with zero attached hydrogens (tertiary/aromatic N) is 1. The average Bonchev–Trinajstić information content (AvgIpc) is 2.82. The fraction of sp³-hybridized carbons (Fsp3) is 0.294. The molecule has 4 N–H and O–H groups in total. The number of phenols is 2. The van der Waals surface area contributed by atoms with Crippen molar-refractivity contribution >= 4 is 5.69 Å². The van der Waals surface area contributed by atoms with Crippen molar-refractivity contribution in [1.29, 1.82) is 0 Å². The van der Waals surface area contributed by atoms with Crippen LogP contribution in [0.4, 0.5) is 5.69 Å². The predicted molar refractivity (Wildman–Crippen MR) is 83.7 cm³/mol. The lowest BCUT2D eigenvalue weighted by molar-refractivity contribution is 0.403. The first kappa shape index (κ1) is 13.8. The maximum atomic E-state index is 9.62. The second kappa shape index (κ2) is 5.66. The van der Waals surface area contributed by atoms with Crippen LogP contribution in [0.15, 0.2) is 42.5 Å². The molecule has 1 atom stereocenters. The highest BCUT2D eigenvalue weighted by atomic mass is 16.3. The highest BCUT2D eigenvalue weighted by Gasteiger charge is 2.27. The van der Waals surface area contributed by atoms with E-state index in [1.54, 1.807) is 6.07 Å². The molecule has 2 aromatic rings. The number of fused-ring (bicyclic) bond motifs is 1. The summed E-state index contributed by atoms with van der Waals surface area (Å²) in [5.41, 5.74) is 9.29. The van der Waals surface area contributed by atoms with Crippen LogP contribution in [0.3, 0.4) is 0 Å². The van der Waals surface area contributed by atoms with Gasteiger partial charge in [0.25, 0.3) is 0 Å². The zero-order valence-corrected chi connectivity index (χ0v) is 11.9. The monoisotopic (exact) mass is 284 g/mol. The molecule has 4 nitrogen and oxygen atoms in total. The third kappa shape index (κ3) is 2.67. The number of benzene rings is 2. The van der Waals surface area contributed by atoms with Crippen LogP contribution < -0.4 is 10.6 Å². The minimum Gasteiger partial charge on any atom is -0.504 e. The molecule has 0 aromatic heterocycles. The third-order valence-electron chi connectivity index (χ3n) is 4.09. The van der Waals surface area contributed by atoms with Crippen LogP contribution in [0.1, 0.15) is 23.5 Å². The Balaban J connectivity index is 1.84. The van der Waals surface area contributed by atoms with Gasteiger partial charge in [-0.05, 0) is 42.3 Å². The smallest absolute Gasteiger partial charge is 0.157 e. The third-order valence-corrected chi connectivity index (χ3v) is 4.09. The molecule has 0 aliphatic carbocycles. The number of hydrogen-bond acceptors (Lipinski definition) is 4. The van der Waals surface area contributed by atoms with Crippen molar-refractivity contribution in [3.8, 4) is 11.5 Å². The fourth-order valence-electron chi connectivity index (χ4n) is 3.07. The van der Waals surface area contributed by atoms with Crippen LogP contribution in [0.2, 0.25) is 0 Å². The number of hydrogen-bond donors (Lipinski definition) is 3. The largest absolute Gasteiger partial charge is 0.504 e. The second-order valence-corrected chi connectivity index (χ2v) is 5.54. The van der Waals surface area contributed by atoms with Crippen molar-refractivity contribution in [3.63, 3.8) is 0 Å². The van der Waals surface area contributed by atoms with E-state index in [2.05, 4.69) is 23.1 Å². The maximum Gasteiger partial charge on any atom is 0.157 e. The number of para-hydroxylation sites is 1. The Labute approximate surface area is 124 Å². The van der Waals surface area contributed by atoms with Gasteiger partial charge in [-0.2, -0.15) is 0 Å². The molecule has 3 rings (SSSR count). The molecule has 0 saturated carbocycles.